The molecular formula is C28H32N2O2. The van der Waals surface area contributed by atoms with Crippen LogP contribution in [0.15, 0.2) is 78.9 Å². The Morgan fingerprint density at radius 2 is 1.47 bits per heavy atom. The van der Waals surface area contributed by atoms with Crippen LogP contribution in [-0.4, -0.2) is 11.8 Å². The quantitative estimate of drug-likeness (QED) is 0.446. The minimum Gasteiger partial charge on any atom is -0.352 e. The second kappa shape index (κ2) is 11.3. The van der Waals surface area contributed by atoms with Gasteiger partial charge < -0.3 is 10.6 Å². The van der Waals surface area contributed by atoms with Crippen molar-refractivity contribution in [3.05, 3.63) is 95.6 Å². The molecule has 3 rings (SSSR count). The molecule has 0 fully saturated rings. The van der Waals surface area contributed by atoms with E-state index >= 15 is 0 Å². The third-order valence-electron chi connectivity index (χ3n) is 5.53. The van der Waals surface area contributed by atoms with Crippen LogP contribution in [0.25, 0.3) is 11.1 Å². The fourth-order valence-electron chi connectivity index (χ4n) is 3.67. The average molecular weight is 429 g/mol. The molecule has 0 aliphatic carbocycles. The first-order valence-corrected chi connectivity index (χ1v) is 11.3. The summed E-state index contributed by atoms with van der Waals surface area (Å²) in [6.07, 6.45) is 1.33. The number of carbonyl (C=O) groups is 2. The Morgan fingerprint density at radius 1 is 0.812 bits per heavy atom. The summed E-state index contributed by atoms with van der Waals surface area (Å²) in [6, 6.07) is 25.5. The molecule has 0 saturated heterocycles. The summed E-state index contributed by atoms with van der Waals surface area (Å²) in [5, 5.41) is 6.13. The maximum Gasteiger partial charge on any atom is 0.252 e. The van der Waals surface area contributed by atoms with E-state index in [4.69, 9.17) is 0 Å². The van der Waals surface area contributed by atoms with Gasteiger partial charge in [0.25, 0.3) is 5.91 Å². The Bertz CT molecular complexity index is 1030. The van der Waals surface area contributed by atoms with Crippen LogP contribution in [0, 0.1) is 5.92 Å². The molecule has 0 bridgehead atoms. The second-order valence-electron chi connectivity index (χ2n) is 8.52. The zero-order chi connectivity index (χ0) is 22.9. The van der Waals surface area contributed by atoms with Gasteiger partial charge in [-0.15, -0.1) is 0 Å². The van der Waals surface area contributed by atoms with E-state index in [0.29, 0.717) is 24.4 Å². The first-order valence-electron chi connectivity index (χ1n) is 11.3. The fraction of sp³-hybridized carbons (Fsp3) is 0.286. The van der Waals surface area contributed by atoms with Gasteiger partial charge in [0.2, 0.25) is 5.91 Å². The van der Waals surface area contributed by atoms with Crippen molar-refractivity contribution < 1.29 is 9.59 Å². The first kappa shape index (κ1) is 23.3. The molecule has 2 N–H and O–H groups in total. The van der Waals surface area contributed by atoms with Gasteiger partial charge in [-0.3, -0.25) is 9.59 Å². The lowest BCUT2D eigenvalue weighted by atomic mass is 9.94. The van der Waals surface area contributed by atoms with Gasteiger partial charge >= 0.3 is 0 Å². The second-order valence-corrected chi connectivity index (χ2v) is 8.52. The zero-order valence-corrected chi connectivity index (χ0v) is 19.1. The molecule has 32 heavy (non-hydrogen) atoms. The van der Waals surface area contributed by atoms with Crippen molar-refractivity contribution in [2.75, 3.05) is 0 Å². The number of benzene rings is 3. The summed E-state index contributed by atoms with van der Waals surface area (Å²) in [7, 11) is 0. The van der Waals surface area contributed by atoms with Crippen LogP contribution in [0.3, 0.4) is 0 Å². The highest BCUT2D eigenvalue weighted by molar-refractivity contribution is 6.02. The molecule has 0 aromatic heterocycles. The number of carbonyl (C=O) groups excluding carboxylic acids is 2. The normalized spacial score (nSPS) is 11.8. The zero-order valence-electron chi connectivity index (χ0n) is 19.1. The van der Waals surface area contributed by atoms with E-state index in [1.165, 1.54) is 0 Å². The van der Waals surface area contributed by atoms with Gasteiger partial charge in [-0.25, -0.2) is 0 Å². The summed E-state index contributed by atoms with van der Waals surface area (Å²) >= 11 is 0. The third-order valence-corrected chi connectivity index (χ3v) is 5.53. The number of hydrogen-bond acceptors (Lipinski definition) is 2. The molecule has 0 unspecified atom stereocenters. The van der Waals surface area contributed by atoms with E-state index in [0.717, 1.165) is 28.7 Å². The monoisotopic (exact) mass is 428 g/mol. The number of rotatable bonds is 9. The lowest BCUT2D eigenvalue weighted by Gasteiger charge is -2.19. The van der Waals surface area contributed by atoms with E-state index in [-0.39, 0.29) is 17.9 Å². The SMILES string of the molecule is CC(C)CCC(=O)NCc1cccc(-c2ccccc2)c1C(=O)N[C@@H](C)c1ccccc1. The standard InChI is InChI=1S/C28H32N2O2/c1-20(2)17-18-26(31)29-19-24-15-10-16-25(23-13-8-5-9-14-23)27(24)28(32)30-21(3)22-11-6-4-7-12-22/h4-16,20-21H,17-19H2,1-3H3,(H,29,31)(H,30,32)/t21-/m0/s1. The summed E-state index contributed by atoms with van der Waals surface area (Å²) in [4.78, 5) is 25.8. The number of nitrogens with one attached hydrogen (secondary N) is 2. The van der Waals surface area contributed by atoms with Gasteiger partial charge in [0.05, 0.1) is 11.6 Å². The van der Waals surface area contributed by atoms with Crippen LogP contribution in [-0.2, 0) is 11.3 Å². The molecular weight excluding hydrogens is 396 g/mol. The highest BCUT2D eigenvalue weighted by Crippen LogP contribution is 2.27. The van der Waals surface area contributed by atoms with Crippen molar-refractivity contribution in [3.63, 3.8) is 0 Å². The van der Waals surface area contributed by atoms with Gasteiger partial charge in [0.1, 0.15) is 0 Å². The van der Waals surface area contributed by atoms with Crippen molar-refractivity contribution in [3.8, 4) is 11.1 Å². The first-order chi connectivity index (χ1) is 15.5. The van der Waals surface area contributed by atoms with Crippen molar-refractivity contribution in [2.24, 2.45) is 5.92 Å². The summed E-state index contributed by atoms with van der Waals surface area (Å²) < 4.78 is 0. The predicted octanol–water partition coefficient (Wildman–Crippen LogP) is 5.90. The molecule has 3 aromatic carbocycles. The third kappa shape index (κ3) is 6.30. The van der Waals surface area contributed by atoms with Crippen LogP contribution in [0.2, 0.25) is 0 Å². The van der Waals surface area contributed by atoms with Crippen molar-refractivity contribution in [2.45, 2.75) is 46.2 Å². The van der Waals surface area contributed by atoms with Crippen molar-refractivity contribution >= 4 is 11.8 Å². The lowest BCUT2D eigenvalue weighted by Crippen LogP contribution is -2.30. The predicted molar refractivity (Wildman–Crippen MR) is 130 cm³/mol. The molecule has 0 aliphatic rings. The molecule has 2 amide bonds. The minimum absolute atomic E-state index is 0.00725. The maximum atomic E-state index is 13.5. The highest BCUT2D eigenvalue weighted by atomic mass is 16.2. The van der Waals surface area contributed by atoms with Crippen molar-refractivity contribution in [1.29, 1.82) is 0 Å². The van der Waals surface area contributed by atoms with Crippen LogP contribution >= 0.6 is 0 Å². The van der Waals surface area contributed by atoms with Crippen molar-refractivity contribution in [1.82, 2.24) is 10.6 Å². The van der Waals surface area contributed by atoms with Crippen LogP contribution < -0.4 is 10.6 Å². The Labute approximate surface area is 191 Å². The Kier molecular flexibility index (Phi) is 8.20. The molecule has 0 saturated carbocycles. The summed E-state index contributed by atoms with van der Waals surface area (Å²) in [5.41, 5.74) is 4.28. The molecule has 166 valence electrons. The number of hydrogen-bond donors (Lipinski definition) is 2. The molecule has 3 aromatic rings. The van der Waals surface area contributed by atoms with E-state index in [9.17, 15) is 9.59 Å². The summed E-state index contributed by atoms with van der Waals surface area (Å²) in [6.45, 7) is 6.51. The molecule has 1 atom stereocenters. The molecule has 0 heterocycles. The Hall–Kier alpha value is -3.40. The minimum atomic E-state index is -0.146. The van der Waals surface area contributed by atoms with Gasteiger partial charge in [-0.05, 0) is 41.5 Å². The molecule has 4 heteroatoms. The lowest BCUT2D eigenvalue weighted by molar-refractivity contribution is -0.121. The van der Waals surface area contributed by atoms with E-state index in [1.54, 1.807) is 0 Å². The van der Waals surface area contributed by atoms with Gasteiger partial charge in [0, 0.05) is 13.0 Å². The van der Waals surface area contributed by atoms with Crippen LogP contribution in [0.5, 0.6) is 0 Å². The molecule has 4 nitrogen and oxygen atoms in total. The maximum absolute atomic E-state index is 13.5. The highest BCUT2D eigenvalue weighted by Gasteiger charge is 2.20. The average Bonchev–Trinajstić information content (AvgIpc) is 2.82. The van der Waals surface area contributed by atoms with Gasteiger partial charge in [0.15, 0.2) is 0 Å². The summed E-state index contributed by atoms with van der Waals surface area (Å²) in [5.74, 6) is 0.336. The largest absolute Gasteiger partial charge is 0.352 e. The van der Waals surface area contributed by atoms with Crippen LogP contribution in [0.1, 0.15) is 61.1 Å². The van der Waals surface area contributed by atoms with Gasteiger partial charge in [-0.2, -0.15) is 0 Å². The van der Waals surface area contributed by atoms with Gasteiger partial charge in [-0.1, -0.05) is 92.7 Å². The molecule has 0 aliphatic heterocycles. The number of amides is 2. The Balaban J connectivity index is 1.88. The molecule has 0 radical (unpaired) electrons. The van der Waals surface area contributed by atoms with Crippen LogP contribution in [0.4, 0.5) is 0 Å². The molecule has 0 spiro atoms. The fourth-order valence-corrected chi connectivity index (χ4v) is 3.67. The smallest absolute Gasteiger partial charge is 0.252 e. The van der Waals surface area contributed by atoms with E-state index in [2.05, 4.69) is 24.5 Å². The van der Waals surface area contributed by atoms with E-state index in [1.807, 2.05) is 85.8 Å². The topological polar surface area (TPSA) is 58.2 Å². The van der Waals surface area contributed by atoms with E-state index < -0.39 is 0 Å². The Morgan fingerprint density at radius 3 is 2.12 bits per heavy atom.